The second-order valence-corrected chi connectivity index (χ2v) is 1.72. The molecule has 0 aromatic heterocycles. The monoisotopic (exact) mass is 202 g/mol. The first kappa shape index (κ1) is 19.4. The third kappa shape index (κ3) is 3.21. The number of carbonyl (C=O) groups is 2. The molecule has 0 aromatic rings. The summed E-state index contributed by atoms with van der Waals surface area (Å²) in [5.41, 5.74) is 0. The topological polar surface area (TPSA) is 80.3 Å². The molecule has 0 heterocycles. The Morgan fingerprint density at radius 1 is 0.786 bits per heavy atom. The zero-order valence-electron chi connectivity index (χ0n) is 7.14. The van der Waals surface area contributed by atoms with Gasteiger partial charge in [0.05, 0.1) is 0 Å². The van der Waals surface area contributed by atoms with E-state index in [9.17, 15) is 37.4 Å². The Kier molecular flexibility index (Phi) is 7.87. The number of carboxylic acids is 2. The van der Waals surface area contributed by atoms with Gasteiger partial charge in [-0.05, 0) is 0 Å². The molecule has 4 nitrogen and oxygen atoms in total. The summed E-state index contributed by atoms with van der Waals surface area (Å²) >= 11 is 0. The van der Waals surface area contributed by atoms with Gasteiger partial charge >= 0.3 is 49.6 Å². The number of alkyl halides is 4. The van der Waals surface area contributed by atoms with Crippen LogP contribution in [-0.4, -0.2) is 23.8 Å². The van der Waals surface area contributed by atoms with E-state index in [0.29, 0.717) is 0 Å². The third-order valence-corrected chi connectivity index (χ3v) is 0.907. The molecule has 0 aliphatic carbocycles. The Bertz CT molecular complexity index is 207. The van der Waals surface area contributed by atoms with Crippen molar-refractivity contribution in [1.29, 1.82) is 0 Å². The zero-order valence-corrected chi connectivity index (χ0v) is 7.14. The van der Waals surface area contributed by atoms with Gasteiger partial charge in [-0.3, -0.25) is 0 Å². The maximum absolute atomic E-state index is 11.7. The maximum Gasteiger partial charge on any atom is 1.00 e. The van der Waals surface area contributed by atoms with Crippen molar-refractivity contribution in [2.24, 2.45) is 0 Å². The van der Waals surface area contributed by atoms with Crippen LogP contribution in [0.15, 0.2) is 0 Å². The number of carboxylic acid groups (broad SMARTS) is 2. The van der Waals surface area contributed by atoms with Crippen LogP contribution in [0.3, 0.4) is 0 Å². The fraction of sp³-hybridized carbons (Fsp3) is 0.500. The van der Waals surface area contributed by atoms with Crippen molar-refractivity contribution in [1.82, 2.24) is 0 Å². The van der Waals surface area contributed by atoms with Gasteiger partial charge < -0.3 is 19.8 Å². The predicted molar refractivity (Wildman–Crippen MR) is 19.9 cm³/mol. The molecule has 0 radical (unpaired) electrons. The van der Waals surface area contributed by atoms with E-state index >= 15 is 0 Å². The van der Waals surface area contributed by atoms with E-state index in [0.717, 1.165) is 0 Å². The van der Waals surface area contributed by atoms with E-state index < -0.39 is 23.8 Å². The van der Waals surface area contributed by atoms with Crippen LogP contribution in [0, 0.1) is 0 Å². The Balaban J connectivity index is -0.000000605. The quantitative estimate of drug-likeness (QED) is 0.336. The number of halogens is 4. The van der Waals surface area contributed by atoms with Crippen molar-refractivity contribution >= 4 is 11.9 Å². The minimum Gasteiger partial charge on any atom is -0.544 e. The average molecular weight is 202 g/mol. The summed E-state index contributed by atoms with van der Waals surface area (Å²) in [6, 6.07) is 0. The molecule has 0 atom stereocenters. The first-order chi connectivity index (χ1) is 5.14. The van der Waals surface area contributed by atoms with Crippen molar-refractivity contribution in [2.45, 2.75) is 11.8 Å². The zero-order chi connectivity index (χ0) is 10.2. The number of aliphatic carboxylic acids is 2. The van der Waals surface area contributed by atoms with Crippen LogP contribution in [-0.2, 0) is 9.59 Å². The molecule has 0 amide bonds. The second kappa shape index (κ2) is 5.67. The Morgan fingerprint density at radius 3 is 1.00 bits per heavy atom. The summed E-state index contributed by atoms with van der Waals surface area (Å²) in [6.45, 7) is 0. The van der Waals surface area contributed by atoms with E-state index in [4.69, 9.17) is 0 Å². The molecule has 10 heteroatoms. The molecule has 0 bridgehead atoms. The molecule has 70 valence electrons. The van der Waals surface area contributed by atoms with Gasteiger partial charge in [0.15, 0.2) is 0 Å². The number of carbonyl (C=O) groups excluding carboxylic acids is 2. The van der Waals surface area contributed by atoms with E-state index in [-0.39, 0.29) is 37.7 Å². The van der Waals surface area contributed by atoms with Gasteiger partial charge in [-0.1, -0.05) is 0 Å². The minimum absolute atomic E-state index is 0. The van der Waals surface area contributed by atoms with E-state index in [1.165, 1.54) is 0 Å². The number of hydrogen-bond donors (Lipinski definition) is 0. The van der Waals surface area contributed by atoms with Crippen LogP contribution in [0.25, 0.3) is 0 Å². The van der Waals surface area contributed by atoms with E-state index in [1.807, 2.05) is 0 Å². The van der Waals surface area contributed by atoms with Gasteiger partial charge in [0, 0.05) is 0 Å². The summed E-state index contributed by atoms with van der Waals surface area (Å²) in [5, 5.41) is 18.7. The summed E-state index contributed by atoms with van der Waals surface area (Å²) in [6.07, 6.45) is 0. The molecule has 0 saturated carbocycles. The molecular weight excluding hydrogens is 202 g/mol. The first-order valence-corrected chi connectivity index (χ1v) is 2.32. The second-order valence-electron chi connectivity index (χ2n) is 1.72. The molecule has 0 saturated heterocycles. The standard InChI is InChI=1S/C4H2F4O4.2Li/c5-3(6,1(9)10)4(7,8)2(11)12;;/h(H,9,10)(H,11,12);;/q;2*+1/p-2. The number of hydrogen-bond acceptors (Lipinski definition) is 4. The van der Waals surface area contributed by atoms with Crippen molar-refractivity contribution in [3.05, 3.63) is 0 Å². The van der Waals surface area contributed by atoms with Crippen LogP contribution < -0.4 is 47.9 Å². The van der Waals surface area contributed by atoms with Gasteiger partial charge in [-0.25, -0.2) is 0 Å². The number of rotatable bonds is 3. The van der Waals surface area contributed by atoms with Crippen LogP contribution in [0.5, 0.6) is 0 Å². The van der Waals surface area contributed by atoms with Crippen LogP contribution in [0.2, 0.25) is 0 Å². The van der Waals surface area contributed by atoms with Gasteiger partial charge in [0.25, 0.3) is 0 Å². The Hall–Kier alpha value is -0.145. The van der Waals surface area contributed by atoms with Crippen LogP contribution in [0.4, 0.5) is 17.6 Å². The molecule has 0 aromatic carbocycles. The van der Waals surface area contributed by atoms with Gasteiger partial charge in [0.1, 0.15) is 11.9 Å². The van der Waals surface area contributed by atoms with E-state index in [1.54, 1.807) is 0 Å². The SMILES string of the molecule is O=C([O-])C(F)(F)C(F)(F)C(=O)[O-].[Li+].[Li+]. The van der Waals surface area contributed by atoms with Crippen LogP contribution >= 0.6 is 0 Å². The van der Waals surface area contributed by atoms with Crippen molar-refractivity contribution in [3.63, 3.8) is 0 Å². The van der Waals surface area contributed by atoms with Crippen molar-refractivity contribution in [2.75, 3.05) is 0 Å². The molecule has 0 N–H and O–H groups in total. The molecule has 0 rings (SSSR count). The van der Waals surface area contributed by atoms with E-state index in [2.05, 4.69) is 0 Å². The Labute approximate surface area is 99.0 Å². The van der Waals surface area contributed by atoms with Crippen molar-refractivity contribution in [3.8, 4) is 0 Å². The van der Waals surface area contributed by atoms with Gasteiger partial charge in [0.2, 0.25) is 0 Å². The first-order valence-electron chi connectivity index (χ1n) is 2.32. The molecule has 0 unspecified atom stereocenters. The van der Waals surface area contributed by atoms with Gasteiger partial charge in [-0.15, -0.1) is 0 Å². The minimum atomic E-state index is -5.77. The summed E-state index contributed by atoms with van der Waals surface area (Å²) < 4.78 is 47.0. The fourth-order valence-electron chi connectivity index (χ4n) is 0.256. The third-order valence-electron chi connectivity index (χ3n) is 0.907. The summed E-state index contributed by atoms with van der Waals surface area (Å²) in [5.74, 6) is -18.5. The molecule has 0 aliphatic rings. The van der Waals surface area contributed by atoms with Crippen molar-refractivity contribution < 1.29 is 75.1 Å². The fourth-order valence-corrected chi connectivity index (χ4v) is 0.256. The predicted octanol–water partition coefficient (Wildman–Crippen LogP) is -8.24. The average Bonchev–Trinajstić information content (AvgIpc) is 1.86. The molecule has 0 fully saturated rings. The Morgan fingerprint density at radius 2 is 0.929 bits per heavy atom. The van der Waals surface area contributed by atoms with Crippen LogP contribution in [0.1, 0.15) is 0 Å². The normalized spacial score (nSPS) is 10.9. The molecular formula is C4F4Li2O4. The molecule has 14 heavy (non-hydrogen) atoms. The summed E-state index contributed by atoms with van der Waals surface area (Å²) in [4.78, 5) is 18.7. The maximum atomic E-state index is 11.7. The largest absolute Gasteiger partial charge is 1.00 e. The summed E-state index contributed by atoms with van der Waals surface area (Å²) in [7, 11) is 0. The van der Waals surface area contributed by atoms with Gasteiger partial charge in [-0.2, -0.15) is 17.6 Å². The molecule has 0 spiro atoms. The smallest absolute Gasteiger partial charge is 0.544 e. The molecule has 0 aliphatic heterocycles.